The maximum absolute atomic E-state index is 5.36. The number of guanidine groups is 1. The Labute approximate surface area is 161 Å². The highest BCUT2D eigenvalue weighted by Crippen LogP contribution is 2.29. The number of para-hydroxylation sites is 1. The van der Waals surface area contributed by atoms with Crippen LogP contribution >= 0.6 is 0 Å². The maximum Gasteiger partial charge on any atom is 0.195 e. The van der Waals surface area contributed by atoms with Crippen LogP contribution < -0.4 is 25.0 Å². The minimum atomic E-state index is 0.592. The summed E-state index contributed by atoms with van der Waals surface area (Å²) in [5.74, 6) is 2.74. The largest absolute Gasteiger partial charge is 0.493 e. The molecule has 6 heteroatoms. The molecule has 1 aliphatic heterocycles. The number of methoxy groups -OCH3 is 2. The van der Waals surface area contributed by atoms with Crippen molar-refractivity contribution in [2.24, 2.45) is 10.9 Å². The van der Waals surface area contributed by atoms with Gasteiger partial charge in [-0.05, 0) is 36.6 Å². The standard InChI is InChI=1S/C21H28N4O2/c1-22-21(24-17-9-10-19(26-2)20(13-17)27-3)23-14-16-11-12-25(15-16)18-7-5-4-6-8-18/h4-10,13,16H,11-12,14-15H2,1-3H3,(H2,22,23,24). The first-order valence-corrected chi connectivity index (χ1v) is 9.23. The van der Waals surface area contributed by atoms with Gasteiger partial charge in [-0.25, -0.2) is 0 Å². The molecule has 0 aromatic heterocycles. The van der Waals surface area contributed by atoms with E-state index in [2.05, 4.69) is 50.9 Å². The van der Waals surface area contributed by atoms with E-state index in [-0.39, 0.29) is 0 Å². The van der Waals surface area contributed by atoms with E-state index in [9.17, 15) is 0 Å². The van der Waals surface area contributed by atoms with Gasteiger partial charge in [-0.2, -0.15) is 0 Å². The highest BCUT2D eigenvalue weighted by molar-refractivity contribution is 5.93. The summed E-state index contributed by atoms with van der Waals surface area (Å²) < 4.78 is 10.6. The predicted octanol–water partition coefficient (Wildman–Crippen LogP) is 3.22. The van der Waals surface area contributed by atoms with E-state index in [0.29, 0.717) is 17.4 Å². The second kappa shape index (κ2) is 9.16. The van der Waals surface area contributed by atoms with Crippen molar-refractivity contribution < 1.29 is 9.47 Å². The number of anilines is 2. The van der Waals surface area contributed by atoms with Crippen LogP contribution in [0.15, 0.2) is 53.5 Å². The summed E-state index contributed by atoms with van der Waals surface area (Å²) in [6.45, 7) is 3.04. The number of hydrogen-bond acceptors (Lipinski definition) is 4. The molecule has 0 aliphatic carbocycles. The summed E-state index contributed by atoms with van der Waals surface area (Å²) in [6.07, 6.45) is 1.18. The van der Waals surface area contributed by atoms with Crippen LogP contribution in [0.4, 0.5) is 11.4 Å². The third kappa shape index (κ3) is 4.84. The summed E-state index contributed by atoms with van der Waals surface area (Å²) >= 11 is 0. The molecule has 2 N–H and O–H groups in total. The molecule has 2 aromatic rings. The smallest absolute Gasteiger partial charge is 0.195 e. The minimum absolute atomic E-state index is 0.592. The molecule has 144 valence electrons. The van der Waals surface area contributed by atoms with Gasteiger partial charge in [0.1, 0.15) is 0 Å². The highest BCUT2D eigenvalue weighted by atomic mass is 16.5. The highest BCUT2D eigenvalue weighted by Gasteiger charge is 2.22. The first kappa shape index (κ1) is 18.9. The minimum Gasteiger partial charge on any atom is -0.493 e. The molecule has 1 aliphatic rings. The van der Waals surface area contributed by atoms with Crippen molar-refractivity contribution in [3.05, 3.63) is 48.5 Å². The Bertz CT molecular complexity index is 764. The van der Waals surface area contributed by atoms with Gasteiger partial charge in [-0.1, -0.05) is 18.2 Å². The van der Waals surface area contributed by atoms with Crippen molar-refractivity contribution in [1.82, 2.24) is 5.32 Å². The van der Waals surface area contributed by atoms with Gasteiger partial charge in [0.05, 0.1) is 14.2 Å². The summed E-state index contributed by atoms with van der Waals surface area (Å²) in [5, 5.41) is 6.75. The predicted molar refractivity (Wildman–Crippen MR) is 111 cm³/mol. The fraction of sp³-hybridized carbons (Fsp3) is 0.381. The number of hydrogen-bond donors (Lipinski definition) is 2. The van der Waals surface area contributed by atoms with Gasteiger partial charge in [-0.3, -0.25) is 4.99 Å². The quantitative estimate of drug-likeness (QED) is 0.606. The fourth-order valence-electron chi connectivity index (χ4n) is 3.34. The Hall–Kier alpha value is -2.89. The SMILES string of the molecule is CN=C(NCC1CCN(c2ccccc2)C1)Nc1ccc(OC)c(OC)c1. The molecule has 6 nitrogen and oxygen atoms in total. The number of nitrogens with one attached hydrogen (secondary N) is 2. The second-order valence-corrected chi connectivity index (χ2v) is 6.58. The average molecular weight is 368 g/mol. The number of aliphatic imine (C=N–C) groups is 1. The van der Waals surface area contributed by atoms with Crippen LogP contribution in [0.5, 0.6) is 11.5 Å². The topological polar surface area (TPSA) is 58.1 Å². The molecule has 2 aromatic carbocycles. The van der Waals surface area contributed by atoms with E-state index in [0.717, 1.165) is 31.3 Å². The maximum atomic E-state index is 5.36. The van der Waals surface area contributed by atoms with Crippen LogP contribution in [-0.2, 0) is 0 Å². The van der Waals surface area contributed by atoms with E-state index in [4.69, 9.17) is 9.47 Å². The first-order chi connectivity index (χ1) is 13.2. The van der Waals surface area contributed by atoms with Crippen LogP contribution in [0.1, 0.15) is 6.42 Å². The van der Waals surface area contributed by atoms with Crippen molar-refractivity contribution in [3.8, 4) is 11.5 Å². The molecule has 0 radical (unpaired) electrons. The Morgan fingerprint density at radius 3 is 2.59 bits per heavy atom. The lowest BCUT2D eigenvalue weighted by Crippen LogP contribution is -2.35. The van der Waals surface area contributed by atoms with Crippen molar-refractivity contribution in [3.63, 3.8) is 0 Å². The average Bonchev–Trinajstić information content (AvgIpc) is 3.20. The van der Waals surface area contributed by atoms with Crippen LogP contribution in [0.2, 0.25) is 0 Å². The van der Waals surface area contributed by atoms with Gasteiger partial charge in [0, 0.05) is 44.1 Å². The van der Waals surface area contributed by atoms with Gasteiger partial charge < -0.3 is 25.0 Å². The molecule has 1 saturated heterocycles. The van der Waals surface area contributed by atoms with Crippen LogP contribution in [0.3, 0.4) is 0 Å². The van der Waals surface area contributed by atoms with Crippen molar-refractivity contribution in [2.45, 2.75) is 6.42 Å². The van der Waals surface area contributed by atoms with Crippen molar-refractivity contribution in [2.75, 3.05) is 51.1 Å². The molecule has 0 amide bonds. The third-order valence-corrected chi connectivity index (χ3v) is 4.84. The Kier molecular flexibility index (Phi) is 6.41. The van der Waals surface area contributed by atoms with E-state index in [1.165, 1.54) is 12.1 Å². The van der Waals surface area contributed by atoms with Crippen LogP contribution in [0.25, 0.3) is 0 Å². The van der Waals surface area contributed by atoms with Crippen molar-refractivity contribution >= 4 is 17.3 Å². The zero-order chi connectivity index (χ0) is 19.1. The number of rotatable bonds is 6. The Balaban J connectivity index is 1.53. The lowest BCUT2D eigenvalue weighted by molar-refractivity contribution is 0.355. The summed E-state index contributed by atoms with van der Waals surface area (Å²) in [7, 11) is 5.04. The lowest BCUT2D eigenvalue weighted by Gasteiger charge is -2.19. The molecular formula is C21H28N4O2. The molecule has 0 bridgehead atoms. The summed E-state index contributed by atoms with van der Waals surface area (Å²) in [6, 6.07) is 16.3. The Morgan fingerprint density at radius 1 is 1.11 bits per heavy atom. The third-order valence-electron chi connectivity index (χ3n) is 4.84. The zero-order valence-corrected chi connectivity index (χ0v) is 16.2. The number of nitrogens with zero attached hydrogens (tertiary/aromatic N) is 2. The lowest BCUT2D eigenvalue weighted by atomic mass is 10.1. The van der Waals surface area contributed by atoms with Gasteiger partial charge >= 0.3 is 0 Å². The first-order valence-electron chi connectivity index (χ1n) is 9.23. The number of benzene rings is 2. The molecule has 27 heavy (non-hydrogen) atoms. The van der Waals surface area contributed by atoms with E-state index < -0.39 is 0 Å². The molecule has 0 saturated carbocycles. The molecule has 1 heterocycles. The normalized spacial score (nSPS) is 16.9. The van der Waals surface area contributed by atoms with E-state index in [1.807, 2.05) is 18.2 Å². The van der Waals surface area contributed by atoms with Gasteiger partial charge in [0.2, 0.25) is 0 Å². The van der Waals surface area contributed by atoms with Gasteiger partial charge in [-0.15, -0.1) is 0 Å². The van der Waals surface area contributed by atoms with Crippen molar-refractivity contribution in [1.29, 1.82) is 0 Å². The monoisotopic (exact) mass is 368 g/mol. The van der Waals surface area contributed by atoms with Crippen LogP contribution in [-0.4, -0.2) is 46.9 Å². The Morgan fingerprint density at radius 2 is 1.89 bits per heavy atom. The molecule has 1 atom stereocenters. The van der Waals surface area contributed by atoms with E-state index >= 15 is 0 Å². The summed E-state index contributed by atoms with van der Waals surface area (Å²) in [5.41, 5.74) is 2.20. The molecule has 1 fully saturated rings. The van der Waals surface area contributed by atoms with E-state index in [1.54, 1.807) is 21.3 Å². The molecule has 0 spiro atoms. The van der Waals surface area contributed by atoms with Crippen LogP contribution in [0, 0.1) is 5.92 Å². The van der Waals surface area contributed by atoms with Gasteiger partial charge in [0.15, 0.2) is 17.5 Å². The number of ether oxygens (including phenoxy) is 2. The molecule has 1 unspecified atom stereocenters. The fourth-order valence-corrected chi connectivity index (χ4v) is 3.34. The molecule has 3 rings (SSSR count). The zero-order valence-electron chi connectivity index (χ0n) is 16.2. The second-order valence-electron chi connectivity index (χ2n) is 6.58. The molecular weight excluding hydrogens is 340 g/mol. The van der Waals surface area contributed by atoms with Gasteiger partial charge in [0.25, 0.3) is 0 Å². The summed E-state index contributed by atoms with van der Waals surface area (Å²) in [4.78, 5) is 6.77.